The summed E-state index contributed by atoms with van der Waals surface area (Å²) in [5.74, 6) is -0.962. The van der Waals surface area contributed by atoms with Gasteiger partial charge in [-0.25, -0.2) is 17.8 Å². The number of aromatic nitrogens is 1. The van der Waals surface area contributed by atoms with E-state index in [1.165, 1.54) is 30.3 Å². The summed E-state index contributed by atoms with van der Waals surface area (Å²) in [6.45, 7) is 1.59. The number of aryl methyl sites for hydroxylation is 1. The summed E-state index contributed by atoms with van der Waals surface area (Å²) in [4.78, 5) is 16.8. The minimum atomic E-state index is -3.79. The van der Waals surface area contributed by atoms with Crippen molar-refractivity contribution in [1.29, 1.82) is 0 Å². The number of carbonyl (C=O) groups excluding carboxylic acids is 1. The van der Waals surface area contributed by atoms with E-state index in [2.05, 4.69) is 15.0 Å². The van der Waals surface area contributed by atoms with Crippen LogP contribution in [0.5, 0.6) is 0 Å². The monoisotopic (exact) mass is 391 g/mol. The lowest BCUT2D eigenvalue weighted by atomic mass is 10.3. The topological polar surface area (TPSA) is 88.2 Å². The number of hydrogen-bond acceptors (Lipinski definition) is 5. The van der Waals surface area contributed by atoms with Crippen LogP contribution in [0.25, 0.3) is 0 Å². The molecule has 0 bridgehead atoms. The third kappa shape index (κ3) is 4.06. The summed E-state index contributed by atoms with van der Waals surface area (Å²) in [5.41, 5.74) is 0.670. The molecule has 0 spiro atoms. The van der Waals surface area contributed by atoms with E-state index in [4.69, 9.17) is 0 Å². The molecule has 1 heterocycles. The van der Waals surface area contributed by atoms with E-state index in [1.807, 2.05) is 0 Å². The highest BCUT2D eigenvalue weighted by atomic mass is 32.2. The van der Waals surface area contributed by atoms with Gasteiger partial charge in [0.2, 0.25) is 0 Å². The predicted molar refractivity (Wildman–Crippen MR) is 98.5 cm³/mol. The first-order valence-corrected chi connectivity index (χ1v) is 9.77. The van der Waals surface area contributed by atoms with Crippen molar-refractivity contribution in [3.8, 4) is 0 Å². The number of hydrogen-bond donors (Lipinski definition) is 2. The van der Waals surface area contributed by atoms with Crippen LogP contribution in [-0.2, 0) is 10.0 Å². The number of nitrogens with zero attached hydrogens (tertiary/aromatic N) is 1. The van der Waals surface area contributed by atoms with Crippen molar-refractivity contribution in [2.24, 2.45) is 0 Å². The number of amides is 1. The van der Waals surface area contributed by atoms with E-state index in [1.54, 1.807) is 31.2 Å². The summed E-state index contributed by atoms with van der Waals surface area (Å²) in [6, 6.07) is 13.3. The predicted octanol–water partition coefficient (Wildman–Crippen LogP) is 3.64. The maximum absolute atomic E-state index is 13.2. The van der Waals surface area contributed by atoms with Gasteiger partial charge in [-0.1, -0.05) is 35.6 Å². The largest absolute Gasteiger partial charge is 0.321 e. The minimum absolute atomic E-state index is 0.0794. The smallest absolute Gasteiger partial charge is 0.267 e. The number of rotatable bonds is 5. The van der Waals surface area contributed by atoms with Gasteiger partial charge >= 0.3 is 0 Å². The van der Waals surface area contributed by atoms with Gasteiger partial charge in [0.15, 0.2) is 5.13 Å². The average molecular weight is 391 g/mol. The molecular weight excluding hydrogens is 377 g/mol. The van der Waals surface area contributed by atoms with Gasteiger partial charge in [0, 0.05) is 5.69 Å². The van der Waals surface area contributed by atoms with Gasteiger partial charge in [-0.2, -0.15) is 0 Å². The zero-order chi connectivity index (χ0) is 18.7. The molecule has 0 aliphatic heterocycles. The Labute approximate surface area is 153 Å². The molecule has 0 aliphatic rings. The Morgan fingerprint density at radius 3 is 2.54 bits per heavy atom. The number of carbonyl (C=O) groups is 1. The van der Waals surface area contributed by atoms with Gasteiger partial charge < -0.3 is 5.32 Å². The van der Waals surface area contributed by atoms with Crippen LogP contribution in [0.2, 0.25) is 0 Å². The van der Waals surface area contributed by atoms with Crippen LogP contribution in [0.3, 0.4) is 0 Å². The fourth-order valence-corrected chi connectivity index (χ4v) is 4.30. The van der Waals surface area contributed by atoms with Crippen molar-refractivity contribution in [1.82, 2.24) is 4.98 Å². The maximum Gasteiger partial charge on any atom is 0.267 e. The highest BCUT2D eigenvalue weighted by molar-refractivity contribution is 7.93. The number of benzene rings is 2. The Kier molecular flexibility index (Phi) is 5.01. The normalized spacial score (nSPS) is 11.2. The first-order chi connectivity index (χ1) is 12.3. The van der Waals surface area contributed by atoms with Crippen LogP contribution in [-0.4, -0.2) is 19.3 Å². The third-order valence-corrected chi connectivity index (χ3v) is 5.92. The molecule has 134 valence electrons. The van der Waals surface area contributed by atoms with Crippen LogP contribution in [0, 0.1) is 12.7 Å². The average Bonchev–Trinajstić information content (AvgIpc) is 2.95. The molecule has 3 rings (SSSR count). The highest BCUT2D eigenvalue weighted by Gasteiger charge is 2.20. The van der Waals surface area contributed by atoms with Gasteiger partial charge in [-0.3, -0.25) is 9.52 Å². The minimum Gasteiger partial charge on any atom is -0.321 e. The van der Waals surface area contributed by atoms with Crippen molar-refractivity contribution in [2.45, 2.75) is 11.8 Å². The molecule has 2 N–H and O–H groups in total. The van der Waals surface area contributed by atoms with Crippen molar-refractivity contribution in [3.05, 3.63) is 71.0 Å². The lowest BCUT2D eigenvalue weighted by Crippen LogP contribution is -2.12. The molecular formula is C17H14FN3O3S2. The van der Waals surface area contributed by atoms with Crippen LogP contribution in [0.1, 0.15) is 15.4 Å². The van der Waals surface area contributed by atoms with Crippen LogP contribution in [0.4, 0.5) is 15.2 Å². The molecule has 1 aromatic heterocycles. The molecule has 0 saturated carbocycles. The summed E-state index contributed by atoms with van der Waals surface area (Å²) in [6.07, 6.45) is 0. The lowest BCUT2D eigenvalue weighted by Gasteiger charge is -2.04. The van der Waals surface area contributed by atoms with E-state index < -0.39 is 21.7 Å². The Hall–Kier alpha value is -2.78. The lowest BCUT2D eigenvalue weighted by molar-refractivity contribution is 0.103. The van der Waals surface area contributed by atoms with Crippen molar-refractivity contribution in [3.63, 3.8) is 0 Å². The SMILES string of the molecule is Cc1nc(NS(=O)(=O)c2ccccc2)sc1C(=O)Nc1cccc(F)c1. The highest BCUT2D eigenvalue weighted by Crippen LogP contribution is 2.26. The number of nitrogens with one attached hydrogen (secondary N) is 2. The van der Waals surface area contributed by atoms with Crippen LogP contribution in [0.15, 0.2) is 59.5 Å². The molecule has 6 nitrogen and oxygen atoms in total. The standard InChI is InChI=1S/C17H14FN3O3S2/c1-11-15(16(22)20-13-7-5-6-12(18)10-13)25-17(19-11)21-26(23,24)14-8-3-2-4-9-14/h2-10H,1H3,(H,19,21)(H,20,22). The molecule has 0 radical (unpaired) electrons. The van der Waals surface area contributed by atoms with Gasteiger partial charge in [0.25, 0.3) is 15.9 Å². The molecule has 0 aliphatic carbocycles. The maximum atomic E-state index is 13.2. The second-order valence-corrected chi connectivity index (χ2v) is 8.00. The molecule has 0 saturated heterocycles. The Morgan fingerprint density at radius 1 is 1.12 bits per heavy atom. The quantitative estimate of drug-likeness (QED) is 0.695. The summed E-state index contributed by atoms with van der Waals surface area (Å²) in [5, 5.41) is 2.64. The number of halogens is 1. The molecule has 0 unspecified atom stereocenters. The zero-order valence-corrected chi connectivity index (χ0v) is 15.2. The Bertz CT molecular complexity index is 1050. The fraction of sp³-hybridized carbons (Fsp3) is 0.0588. The van der Waals surface area contributed by atoms with Gasteiger partial charge in [0.1, 0.15) is 10.7 Å². The van der Waals surface area contributed by atoms with Gasteiger partial charge in [0.05, 0.1) is 10.6 Å². The van der Waals surface area contributed by atoms with Crippen molar-refractivity contribution < 1.29 is 17.6 Å². The third-order valence-electron chi connectivity index (χ3n) is 3.36. The molecule has 3 aromatic rings. The van der Waals surface area contributed by atoms with E-state index in [0.717, 1.165) is 11.3 Å². The summed E-state index contributed by atoms with van der Waals surface area (Å²) < 4.78 is 40.2. The van der Waals surface area contributed by atoms with E-state index >= 15 is 0 Å². The second kappa shape index (κ2) is 7.22. The second-order valence-electron chi connectivity index (χ2n) is 5.32. The molecule has 0 atom stereocenters. The fourth-order valence-electron chi connectivity index (χ4n) is 2.18. The van der Waals surface area contributed by atoms with Gasteiger partial charge in [-0.05, 0) is 37.3 Å². The Morgan fingerprint density at radius 2 is 1.85 bits per heavy atom. The van der Waals surface area contributed by atoms with E-state index in [-0.39, 0.29) is 14.9 Å². The number of anilines is 2. The summed E-state index contributed by atoms with van der Waals surface area (Å²) >= 11 is 0.905. The number of sulfonamides is 1. The van der Waals surface area contributed by atoms with Crippen LogP contribution < -0.4 is 10.0 Å². The van der Waals surface area contributed by atoms with E-state index in [9.17, 15) is 17.6 Å². The number of thiazole rings is 1. The van der Waals surface area contributed by atoms with E-state index in [0.29, 0.717) is 11.4 Å². The van der Waals surface area contributed by atoms with Crippen molar-refractivity contribution in [2.75, 3.05) is 10.0 Å². The van der Waals surface area contributed by atoms with Crippen LogP contribution >= 0.6 is 11.3 Å². The summed E-state index contributed by atoms with van der Waals surface area (Å²) in [7, 11) is -3.79. The molecule has 1 amide bonds. The first kappa shape index (κ1) is 18.0. The molecule has 2 aromatic carbocycles. The Balaban J connectivity index is 1.80. The van der Waals surface area contributed by atoms with Gasteiger partial charge in [-0.15, -0.1) is 0 Å². The molecule has 26 heavy (non-hydrogen) atoms. The zero-order valence-electron chi connectivity index (χ0n) is 13.6. The van der Waals surface area contributed by atoms with Crippen molar-refractivity contribution >= 4 is 38.1 Å². The first-order valence-electron chi connectivity index (χ1n) is 7.47. The molecule has 0 fully saturated rings. The molecule has 9 heteroatoms.